The van der Waals surface area contributed by atoms with Crippen molar-refractivity contribution in [2.24, 2.45) is 0 Å². The maximum Gasteiger partial charge on any atom is 0.416 e. The molecule has 0 aliphatic heterocycles. The van der Waals surface area contributed by atoms with Gasteiger partial charge >= 0.3 is 6.18 Å². The van der Waals surface area contributed by atoms with Crippen LogP contribution in [0.2, 0.25) is 0 Å². The van der Waals surface area contributed by atoms with Crippen LogP contribution in [0.25, 0.3) is 22.2 Å². The highest BCUT2D eigenvalue weighted by Gasteiger charge is 2.30. The van der Waals surface area contributed by atoms with Crippen molar-refractivity contribution in [2.45, 2.75) is 19.6 Å². The van der Waals surface area contributed by atoms with Gasteiger partial charge in [-0.1, -0.05) is 12.1 Å². The molecule has 0 bridgehead atoms. The molecular weight excluding hydrogens is 289 g/mol. The molecule has 114 valence electrons. The Morgan fingerprint density at radius 1 is 1.00 bits per heavy atom. The quantitative estimate of drug-likeness (QED) is 0.669. The Balaban J connectivity index is 2.13. The summed E-state index contributed by atoms with van der Waals surface area (Å²) in [6, 6.07) is 12.8. The van der Waals surface area contributed by atoms with Crippen LogP contribution in [0.15, 0.2) is 48.5 Å². The number of hydrogen-bond donors (Lipinski definition) is 1. The fraction of sp³-hybridized carbons (Fsp3) is 0.176. The second-order valence-electron chi connectivity index (χ2n) is 5.17. The third-order valence-electron chi connectivity index (χ3n) is 3.75. The van der Waals surface area contributed by atoms with Gasteiger partial charge in [-0.2, -0.15) is 13.2 Å². The molecular formula is C17H15F3N2. The van der Waals surface area contributed by atoms with E-state index in [2.05, 4.69) is 4.57 Å². The van der Waals surface area contributed by atoms with E-state index in [-0.39, 0.29) is 0 Å². The predicted molar refractivity (Wildman–Crippen MR) is 82.5 cm³/mol. The highest BCUT2D eigenvalue weighted by atomic mass is 19.4. The summed E-state index contributed by atoms with van der Waals surface area (Å²) in [5.74, 6) is 0. The number of halogens is 3. The number of fused-ring (bicyclic) bond motifs is 1. The fourth-order valence-corrected chi connectivity index (χ4v) is 2.70. The van der Waals surface area contributed by atoms with E-state index in [0.29, 0.717) is 5.69 Å². The minimum atomic E-state index is -4.32. The first-order chi connectivity index (χ1) is 10.4. The van der Waals surface area contributed by atoms with E-state index in [1.54, 1.807) is 0 Å². The molecule has 0 saturated carbocycles. The van der Waals surface area contributed by atoms with Crippen molar-refractivity contribution >= 4 is 16.6 Å². The van der Waals surface area contributed by atoms with Gasteiger partial charge in [-0.3, -0.25) is 0 Å². The van der Waals surface area contributed by atoms with E-state index >= 15 is 0 Å². The Morgan fingerprint density at radius 2 is 1.68 bits per heavy atom. The summed E-state index contributed by atoms with van der Waals surface area (Å²) in [6.45, 7) is 2.73. The average Bonchev–Trinajstić information content (AvgIpc) is 2.84. The second kappa shape index (κ2) is 5.09. The lowest BCUT2D eigenvalue weighted by molar-refractivity contribution is -0.137. The fourth-order valence-electron chi connectivity index (χ4n) is 2.70. The van der Waals surface area contributed by atoms with Gasteiger partial charge in [-0.15, -0.1) is 0 Å². The van der Waals surface area contributed by atoms with E-state index in [9.17, 15) is 13.2 Å². The molecule has 0 spiro atoms. The Bertz CT molecular complexity index is 814. The van der Waals surface area contributed by atoms with Crippen LogP contribution in [0, 0.1) is 0 Å². The van der Waals surface area contributed by atoms with Crippen LogP contribution in [0.5, 0.6) is 0 Å². The van der Waals surface area contributed by atoms with E-state index in [1.807, 2.05) is 31.2 Å². The zero-order valence-electron chi connectivity index (χ0n) is 12.0. The first-order valence-corrected chi connectivity index (χ1v) is 6.96. The van der Waals surface area contributed by atoms with E-state index in [0.717, 1.165) is 40.8 Å². The highest BCUT2D eigenvalue weighted by molar-refractivity contribution is 5.89. The zero-order valence-corrected chi connectivity index (χ0v) is 12.0. The summed E-state index contributed by atoms with van der Waals surface area (Å²) >= 11 is 0. The molecule has 0 fully saturated rings. The molecule has 0 unspecified atom stereocenters. The Kier molecular flexibility index (Phi) is 3.35. The number of rotatable bonds is 2. The molecule has 0 radical (unpaired) electrons. The standard InChI is InChI=1S/C17H15F3N2/c1-2-22-15-8-7-14(21)9-12(15)10-16(22)11-3-5-13(6-4-11)17(18,19)20/h3-10H,2,21H2,1H3. The number of aryl methyl sites for hydroxylation is 1. The van der Waals surface area contributed by atoms with Crippen molar-refractivity contribution in [3.63, 3.8) is 0 Å². The lowest BCUT2D eigenvalue weighted by atomic mass is 10.1. The lowest BCUT2D eigenvalue weighted by Gasteiger charge is -2.10. The number of alkyl halides is 3. The molecule has 0 aliphatic carbocycles. The van der Waals surface area contributed by atoms with Gasteiger partial charge in [0.25, 0.3) is 0 Å². The largest absolute Gasteiger partial charge is 0.416 e. The first-order valence-electron chi connectivity index (χ1n) is 6.96. The van der Waals surface area contributed by atoms with Crippen molar-refractivity contribution in [1.82, 2.24) is 4.57 Å². The Morgan fingerprint density at radius 3 is 2.27 bits per heavy atom. The second-order valence-corrected chi connectivity index (χ2v) is 5.17. The first kappa shape index (κ1) is 14.5. The van der Waals surface area contributed by atoms with Crippen molar-refractivity contribution in [3.05, 3.63) is 54.1 Å². The Hall–Kier alpha value is -2.43. The number of nitrogens with two attached hydrogens (primary N) is 1. The van der Waals surface area contributed by atoms with E-state index in [4.69, 9.17) is 5.73 Å². The SMILES string of the molecule is CCn1c(-c2ccc(C(F)(F)F)cc2)cc2cc(N)ccc21. The number of nitrogen functional groups attached to an aromatic ring is 1. The lowest BCUT2D eigenvalue weighted by Crippen LogP contribution is -2.04. The highest BCUT2D eigenvalue weighted by Crippen LogP contribution is 2.33. The monoisotopic (exact) mass is 304 g/mol. The van der Waals surface area contributed by atoms with Crippen LogP contribution < -0.4 is 5.73 Å². The van der Waals surface area contributed by atoms with Crippen LogP contribution >= 0.6 is 0 Å². The molecule has 0 aliphatic rings. The van der Waals surface area contributed by atoms with Crippen LogP contribution in [0.4, 0.5) is 18.9 Å². The van der Waals surface area contributed by atoms with Crippen molar-refractivity contribution < 1.29 is 13.2 Å². The summed E-state index contributed by atoms with van der Waals surface area (Å²) in [5, 5.41) is 0.983. The molecule has 0 saturated heterocycles. The van der Waals surface area contributed by atoms with Gasteiger partial charge in [-0.25, -0.2) is 0 Å². The molecule has 3 rings (SSSR count). The number of nitrogens with zero attached hydrogens (tertiary/aromatic N) is 1. The van der Waals surface area contributed by atoms with Crippen LogP contribution in [0.1, 0.15) is 12.5 Å². The molecule has 1 heterocycles. The number of hydrogen-bond acceptors (Lipinski definition) is 1. The van der Waals surface area contributed by atoms with Gasteiger partial charge in [0.15, 0.2) is 0 Å². The van der Waals surface area contributed by atoms with Gasteiger partial charge in [0.2, 0.25) is 0 Å². The number of aromatic nitrogens is 1. The molecule has 2 nitrogen and oxygen atoms in total. The summed E-state index contributed by atoms with van der Waals surface area (Å²) in [5.41, 5.74) is 8.48. The normalized spacial score (nSPS) is 12.0. The number of benzene rings is 2. The minimum absolute atomic E-state index is 0.639. The molecule has 5 heteroatoms. The van der Waals surface area contributed by atoms with Gasteiger partial charge in [-0.05, 0) is 48.9 Å². The van der Waals surface area contributed by atoms with E-state index < -0.39 is 11.7 Å². The molecule has 2 N–H and O–H groups in total. The van der Waals surface area contributed by atoms with Gasteiger partial charge < -0.3 is 10.3 Å². The maximum atomic E-state index is 12.7. The smallest absolute Gasteiger partial charge is 0.399 e. The van der Waals surface area contributed by atoms with Gasteiger partial charge in [0.1, 0.15) is 0 Å². The van der Waals surface area contributed by atoms with Crippen LogP contribution in [0.3, 0.4) is 0 Å². The van der Waals surface area contributed by atoms with Crippen LogP contribution in [-0.2, 0) is 12.7 Å². The number of anilines is 1. The molecule has 3 aromatic rings. The third kappa shape index (κ3) is 2.43. The predicted octanol–water partition coefficient (Wildman–Crippen LogP) is 4.93. The third-order valence-corrected chi connectivity index (χ3v) is 3.75. The summed E-state index contributed by atoms with van der Waals surface area (Å²) in [6.07, 6.45) is -4.32. The van der Waals surface area contributed by atoms with Gasteiger partial charge in [0, 0.05) is 28.8 Å². The molecule has 0 amide bonds. The Labute approximate surface area is 126 Å². The minimum Gasteiger partial charge on any atom is -0.399 e. The van der Waals surface area contributed by atoms with E-state index in [1.165, 1.54) is 12.1 Å². The maximum absolute atomic E-state index is 12.7. The molecule has 0 atom stereocenters. The average molecular weight is 304 g/mol. The zero-order chi connectivity index (χ0) is 15.9. The molecule has 2 aromatic carbocycles. The van der Waals surface area contributed by atoms with Crippen molar-refractivity contribution in [3.8, 4) is 11.3 Å². The summed E-state index contributed by atoms with van der Waals surface area (Å²) < 4.78 is 40.0. The van der Waals surface area contributed by atoms with Crippen molar-refractivity contribution in [2.75, 3.05) is 5.73 Å². The molecule has 1 aromatic heterocycles. The van der Waals surface area contributed by atoms with Crippen molar-refractivity contribution in [1.29, 1.82) is 0 Å². The summed E-state index contributed by atoms with van der Waals surface area (Å²) in [4.78, 5) is 0. The topological polar surface area (TPSA) is 30.9 Å². The molecule has 22 heavy (non-hydrogen) atoms. The van der Waals surface area contributed by atoms with Crippen LogP contribution in [-0.4, -0.2) is 4.57 Å². The summed E-state index contributed by atoms with van der Waals surface area (Å²) in [7, 11) is 0. The van der Waals surface area contributed by atoms with Gasteiger partial charge in [0.05, 0.1) is 5.56 Å².